The molecule has 0 amide bonds. The van der Waals surface area contributed by atoms with E-state index < -0.39 is 0 Å². The van der Waals surface area contributed by atoms with Gasteiger partial charge in [0.15, 0.2) is 0 Å². The van der Waals surface area contributed by atoms with Gasteiger partial charge in [-0.2, -0.15) is 0 Å². The van der Waals surface area contributed by atoms with Crippen molar-refractivity contribution in [2.45, 2.75) is 25.2 Å². The standard InChI is InChI=1S/C14H20Cl2N2/c15-12-3-4-13(14(16)9-12)11(10-17)5-8-18-6-1-2-7-18/h3-4,9,11H,1-2,5-8,10,17H2. The van der Waals surface area contributed by atoms with Crippen LogP contribution in [0.2, 0.25) is 10.0 Å². The van der Waals surface area contributed by atoms with Gasteiger partial charge >= 0.3 is 0 Å². The third-order valence-corrected chi connectivity index (χ3v) is 4.24. The highest BCUT2D eigenvalue weighted by molar-refractivity contribution is 6.35. The second-order valence-electron chi connectivity index (χ2n) is 4.94. The van der Waals surface area contributed by atoms with Crippen molar-refractivity contribution in [3.63, 3.8) is 0 Å². The minimum atomic E-state index is 0.329. The highest BCUT2D eigenvalue weighted by Crippen LogP contribution is 2.29. The van der Waals surface area contributed by atoms with Crippen molar-refractivity contribution in [1.82, 2.24) is 4.90 Å². The van der Waals surface area contributed by atoms with Gasteiger partial charge in [0, 0.05) is 10.0 Å². The van der Waals surface area contributed by atoms with Crippen molar-refractivity contribution in [3.8, 4) is 0 Å². The van der Waals surface area contributed by atoms with Crippen LogP contribution in [0.5, 0.6) is 0 Å². The van der Waals surface area contributed by atoms with Crippen LogP contribution in [0.4, 0.5) is 0 Å². The van der Waals surface area contributed by atoms with Crippen LogP contribution in [-0.2, 0) is 0 Å². The van der Waals surface area contributed by atoms with E-state index >= 15 is 0 Å². The molecule has 1 saturated heterocycles. The summed E-state index contributed by atoms with van der Waals surface area (Å²) in [6.45, 7) is 4.20. The van der Waals surface area contributed by atoms with E-state index in [-0.39, 0.29) is 0 Å². The van der Waals surface area contributed by atoms with E-state index in [0.717, 1.165) is 23.6 Å². The largest absolute Gasteiger partial charge is 0.330 e. The molecule has 0 spiro atoms. The molecule has 0 bridgehead atoms. The second-order valence-corrected chi connectivity index (χ2v) is 5.78. The van der Waals surface area contributed by atoms with E-state index in [1.54, 1.807) is 6.07 Å². The minimum absolute atomic E-state index is 0.329. The molecule has 100 valence electrons. The van der Waals surface area contributed by atoms with Crippen LogP contribution in [0.25, 0.3) is 0 Å². The number of benzene rings is 1. The molecular formula is C14H20Cl2N2. The quantitative estimate of drug-likeness (QED) is 0.897. The second kappa shape index (κ2) is 6.76. The van der Waals surface area contributed by atoms with Gasteiger partial charge < -0.3 is 10.6 Å². The Labute approximate surface area is 119 Å². The molecule has 0 saturated carbocycles. The van der Waals surface area contributed by atoms with Crippen LogP contribution >= 0.6 is 23.2 Å². The number of halogens is 2. The Balaban J connectivity index is 1.98. The van der Waals surface area contributed by atoms with E-state index in [4.69, 9.17) is 28.9 Å². The van der Waals surface area contributed by atoms with Crippen molar-refractivity contribution >= 4 is 23.2 Å². The monoisotopic (exact) mass is 286 g/mol. The molecule has 1 aromatic rings. The molecule has 1 fully saturated rings. The van der Waals surface area contributed by atoms with E-state index in [0.29, 0.717) is 17.5 Å². The summed E-state index contributed by atoms with van der Waals surface area (Å²) in [5, 5.41) is 1.42. The van der Waals surface area contributed by atoms with Crippen molar-refractivity contribution in [2.75, 3.05) is 26.2 Å². The van der Waals surface area contributed by atoms with Gasteiger partial charge in [-0.25, -0.2) is 0 Å². The van der Waals surface area contributed by atoms with E-state index in [1.165, 1.54) is 25.9 Å². The summed E-state index contributed by atoms with van der Waals surface area (Å²) in [5.74, 6) is 0.329. The lowest BCUT2D eigenvalue weighted by atomic mass is 9.95. The van der Waals surface area contributed by atoms with Gasteiger partial charge in [-0.1, -0.05) is 29.3 Å². The zero-order chi connectivity index (χ0) is 13.0. The first-order chi connectivity index (χ1) is 8.70. The summed E-state index contributed by atoms with van der Waals surface area (Å²) >= 11 is 12.2. The number of nitrogens with two attached hydrogens (primary N) is 1. The lowest BCUT2D eigenvalue weighted by Gasteiger charge is -2.21. The molecule has 1 aromatic carbocycles. The maximum atomic E-state index is 6.24. The van der Waals surface area contributed by atoms with E-state index in [2.05, 4.69) is 4.90 Å². The van der Waals surface area contributed by atoms with Gasteiger partial charge in [-0.3, -0.25) is 0 Å². The number of hydrogen-bond acceptors (Lipinski definition) is 2. The van der Waals surface area contributed by atoms with Crippen LogP contribution in [-0.4, -0.2) is 31.1 Å². The van der Waals surface area contributed by atoms with Crippen molar-refractivity contribution in [1.29, 1.82) is 0 Å². The molecule has 2 rings (SSSR count). The van der Waals surface area contributed by atoms with E-state index in [9.17, 15) is 0 Å². The first kappa shape index (κ1) is 14.1. The number of rotatable bonds is 5. The summed E-state index contributed by atoms with van der Waals surface area (Å²) in [4.78, 5) is 2.51. The van der Waals surface area contributed by atoms with Crippen molar-refractivity contribution < 1.29 is 0 Å². The van der Waals surface area contributed by atoms with Gasteiger partial charge in [0.1, 0.15) is 0 Å². The third-order valence-electron chi connectivity index (χ3n) is 3.68. The number of nitrogens with zero attached hydrogens (tertiary/aromatic N) is 1. The van der Waals surface area contributed by atoms with Crippen molar-refractivity contribution in [2.24, 2.45) is 5.73 Å². The molecule has 4 heteroatoms. The van der Waals surface area contributed by atoms with Crippen LogP contribution < -0.4 is 5.73 Å². The van der Waals surface area contributed by atoms with Crippen LogP contribution in [0.15, 0.2) is 18.2 Å². The van der Waals surface area contributed by atoms with Crippen LogP contribution in [0.1, 0.15) is 30.7 Å². The molecule has 1 aliphatic heterocycles. The van der Waals surface area contributed by atoms with E-state index in [1.807, 2.05) is 12.1 Å². The third kappa shape index (κ3) is 3.61. The predicted octanol–water partition coefficient (Wildman–Crippen LogP) is 3.52. The molecule has 2 nitrogen and oxygen atoms in total. The van der Waals surface area contributed by atoms with Gasteiger partial charge in [0.05, 0.1) is 0 Å². The Morgan fingerprint density at radius 1 is 1.22 bits per heavy atom. The molecule has 0 radical (unpaired) electrons. The molecule has 0 aliphatic carbocycles. The molecule has 0 aromatic heterocycles. The Morgan fingerprint density at radius 3 is 2.56 bits per heavy atom. The molecule has 1 heterocycles. The summed E-state index contributed by atoms with van der Waals surface area (Å²) in [7, 11) is 0. The normalized spacial score (nSPS) is 18.2. The lowest BCUT2D eigenvalue weighted by molar-refractivity contribution is 0.322. The number of likely N-dealkylation sites (tertiary alicyclic amines) is 1. The average molecular weight is 287 g/mol. The Morgan fingerprint density at radius 2 is 1.94 bits per heavy atom. The Bertz CT molecular complexity index is 389. The summed E-state index contributed by atoms with van der Waals surface area (Å²) in [5.41, 5.74) is 7.01. The zero-order valence-corrected chi connectivity index (χ0v) is 12.1. The Hall–Kier alpha value is -0.280. The summed E-state index contributed by atoms with van der Waals surface area (Å²) in [6.07, 6.45) is 3.72. The first-order valence-electron chi connectivity index (χ1n) is 6.58. The maximum Gasteiger partial charge on any atom is 0.0456 e. The highest BCUT2D eigenvalue weighted by Gasteiger charge is 2.17. The maximum absolute atomic E-state index is 6.24. The van der Waals surface area contributed by atoms with Gasteiger partial charge in [-0.05, 0) is 69.1 Å². The SMILES string of the molecule is NCC(CCN1CCCC1)c1ccc(Cl)cc1Cl. The topological polar surface area (TPSA) is 29.3 Å². The fraction of sp³-hybridized carbons (Fsp3) is 0.571. The minimum Gasteiger partial charge on any atom is -0.330 e. The van der Waals surface area contributed by atoms with Gasteiger partial charge in [-0.15, -0.1) is 0 Å². The molecule has 1 unspecified atom stereocenters. The molecule has 1 atom stereocenters. The fourth-order valence-corrected chi connectivity index (χ4v) is 3.14. The molecule has 18 heavy (non-hydrogen) atoms. The smallest absolute Gasteiger partial charge is 0.0456 e. The van der Waals surface area contributed by atoms with Crippen LogP contribution in [0, 0.1) is 0 Å². The first-order valence-corrected chi connectivity index (χ1v) is 7.33. The molecule has 2 N–H and O–H groups in total. The average Bonchev–Trinajstić information content (AvgIpc) is 2.85. The van der Waals surface area contributed by atoms with Gasteiger partial charge in [0.2, 0.25) is 0 Å². The lowest BCUT2D eigenvalue weighted by Crippen LogP contribution is -2.24. The highest BCUT2D eigenvalue weighted by atomic mass is 35.5. The van der Waals surface area contributed by atoms with Crippen LogP contribution in [0.3, 0.4) is 0 Å². The molecular weight excluding hydrogens is 267 g/mol. The fourth-order valence-electron chi connectivity index (χ4n) is 2.58. The zero-order valence-electron chi connectivity index (χ0n) is 10.5. The van der Waals surface area contributed by atoms with Crippen molar-refractivity contribution in [3.05, 3.63) is 33.8 Å². The summed E-state index contributed by atoms with van der Waals surface area (Å²) < 4.78 is 0. The number of hydrogen-bond donors (Lipinski definition) is 1. The molecule has 1 aliphatic rings. The Kier molecular flexibility index (Phi) is 5.31. The van der Waals surface area contributed by atoms with Gasteiger partial charge in [0.25, 0.3) is 0 Å². The summed E-state index contributed by atoms with van der Waals surface area (Å²) in [6, 6.07) is 5.70. The predicted molar refractivity (Wildman–Crippen MR) is 78.5 cm³/mol.